The van der Waals surface area contributed by atoms with Crippen LogP contribution in [0.15, 0.2) is 35.7 Å². The summed E-state index contributed by atoms with van der Waals surface area (Å²) in [5.74, 6) is 0. The Balaban J connectivity index is 0.00000112. The van der Waals surface area contributed by atoms with Crippen molar-refractivity contribution in [3.8, 4) is 0 Å². The fraction of sp³-hybridized carbons (Fsp3) is 0.182. The highest BCUT2D eigenvalue weighted by Gasteiger charge is 2.10. The standard InChI is InChI=1S/C11H12N2S.ClH/c1-9-8-14-11(13(9)2)12-10-6-4-3-5-7-10;/h3-8H,1-2H3;1H. The van der Waals surface area contributed by atoms with Crippen LogP contribution in [-0.4, -0.2) is 0 Å². The number of rotatable bonds is 2. The summed E-state index contributed by atoms with van der Waals surface area (Å²) < 4.78 is 2.15. The summed E-state index contributed by atoms with van der Waals surface area (Å²) in [6.45, 7) is 2.10. The second kappa shape index (κ2) is 5.14. The molecular formula is C11H13ClN2S. The number of para-hydroxylation sites is 1. The third-order valence-corrected chi connectivity index (χ3v) is 3.26. The molecule has 1 aromatic heterocycles. The first kappa shape index (κ1) is 12.0. The highest BCUT2D eigenvalue weighted by atomic mass is 35.5. The first-order chi connectivity index (χ1) is 6.77. The minimum Gasteiger partial charge on any atom is -1.00 e. The molecule has 15 heavy (non-hydrogen) atoms. The van der Waals surface area contributed by atoms with Crippen LogP contribution in [0.25, 0.3) is 0 Å². The van der Waals surface area contributed by atoms with E-state index < -0.39 is 0 Å². The Bertz CT molecular complexity index is 425. The number of benzene rings is 1. The summed E-state index contributed by atoms with van der Waals surface area (Å²) in [4.78, 5) is 0. The Kier molecular flexibility index (Phi) is 4.12. The molecule has 0 unspecified atom stereocenters. The van der Waals surface area contributed by atoms with Gasteiger partial charge in [0.2, 0.25) is 0 Å². The molecule has 1 heterocycles. The minimum atomic E-state index is 0. The van der Waals surface area contributed by atoms with E-state index in [9.17, 15) is 0 Å². The number of nitrogens with zero attached hydrogens (tertiary/aromatic N) is 1. The lowest BCUT2D eigenvalue weighted by Gasteiger charge is -1.97. The van der Waals surface area contributed by atoms with E-state index in [0.29, 0.717) is 0 Å². The van der Waals surface area contributed by atoms with Gasteiger partial charge in [-0.15, -0.1) is 0 Å². The van der Waals surface area contributed by atoms with Crippen LogP contribution in [0, 0.1) is 6.92 Å². The summed E-state index contributed by atoms with van der Waals surface area (Å²) in [5.41, 5.74) is 2.40. The van der Waals surface area contributed by atoms with Gasteiger partial charge in [-0.05, 0) is 19.1 Å². The fourth-order valence-corrected chi connectivity index (χ4v) is 2.14. The molecule has 0 amide bonds. The summed E-state index contributed by atoms with van der Waals surface area (Å²) in [7, 11) is 2.07. The van der Waals surface area contributed by atoms with E-state index in [1.807, 2.05) is 18.2 Å². The zero-order valence-corrected chi connectivity index (χ0v) is 10.3. The molecule has 0 saturated carbocycles. The highest BCUT2D eigenvalue weighted by molar-refractivity contribution is 7.13. The molecular weight excluding hydrogens is 228 g/mol. The van der Waals surface area contributed by atoms with Gasteiger partial charge in [0.05, 0.1) is 7.05 Å². The van der Waals surface area contributed by atoms with Gasteiger partial charge in [0.15, 0.2) is 0 Å². The van der Waals surface area contributed by atoms with Gasteiger partial charge in [-0.25, -0.2) is 9.88 Å². The molecule has 0 aliphatic heterocycles. The molecule has 1 N–H and O–H groups in total. The van der Waals surface area contributed by atoms with Gasteiger partial charge in [0.25, 0.3) is 0 Å². The predicted octanol–water partition coefficient (Wildman–Crippen LogP) is -0.371. The number of hydrogen-bond acceptors (Lipinski definition) is 2. The average molecular weight is 241 g/mol. The summed E-state index contributed by atoms with van der Waals surface area (Å²) in [6.07, 6.45) is 0. The lowest BCUT2D eigenvalue weighted by Crippen LogP contribution is -3.00. The second-order valence-electron chi connectivity index (χ2n) is 3.23. The SMILES string of the molecule is Cc1csc(Nc2ccccc2)[n+]1C.[Cl-]. The molecule has 0 atom stereocenters. The molecule has 0 fully saturated rings. The Morgan fingerprint density at radius 2 is 1.87 bits per heavy atom. The van der Waals surface area contributed by atoms with Gasteiger partial charge in [0, 0.05) is 5.38 Å². The van der Waals surface area contributed by atoms with Gasteiger partial charge in [0.1, 0.15) is 11.4 Å². The highest BCUT2D eigenvalue weighted by Crippen LogP contribution is 2.17. The van der Waals surface area contributed by atoms with Crippen LogP contribution >= 0.6 is 11.3 Å². The number of hydrogen-bond donors (Lipinski definition) is 1. The van der Waals surface area contributed by atoms with Crippen molar-refractivity contribution in [2.75, 3.05) is 5.32 Å². The fourth-order valence-electron chi connectivity index (χ4n) is 1.22. The molecule has 0 radical (unpaired) electrons. The van der Waals surface area contributed by atoms with Crippen LogP contribution in [0.1, 0.15) is 5.69 Å². The van der Waals surface area contributed by atoms with Crippen molar-refractivity contribution >= 4 is 22.2 Å². The molecule has 2 nitrogen and oxygen atoms in total. The predicted molar refractivity (Wildman–Crippen MR) is 60.0 cm³/mol. The van der Waals surface area contributed by atoms with Crippen molar-refractivity contribution in [1.82, 2.24) is 0 Å². The van der Waals surface area contributed by atoms with Crippen molar-refractivity contribution in [3.63, 3.8) is 0 Å². The van der Waals surface area contributed by atoms with Gasteiger partial charge in [-0.3, -0.25) is 0 Å². The molecule has 0 bridgehead atoms. The summed E-state index contributed by atoms with van der Waals surface area (Å²) in [5, 5.41) is 6.68. The van der Waals surface area contributed by atoms with Gasteiger partial charge in [-0.2, -0.15) is 0 Å². The van der Waals surface area contributed by atoms with Gasteiger partial charge >= 0.3 is 5.13 Å². The number of anilines is 2. The smallest absolute Gasteiger partial charge is 0.338 e. The topological polar surface area (TPSA) is 15.9 Å². The van der Waals surface area contributed by atoms with Gasteiger partial charge in [-0.1, -0.05) is 29.5 Å². The quantitative estimate of drug-likeness (QED) is 0.709. The van der Waals surface area contributed by atoms with E-state index in [1.54, 1.807) is 11.3 Å². The van der Waals surface area contributed by atoms with E-state index in [0.717, 1.165) is 10.8 Å². The molecule has 80 valence electrons. The normalized spacial score (nSPS) is 9.47. The van der Waals surface area contributed by atoms with Crippen LogP contribution in [0.4, 0.5) is 10.8 Å². The van der Waals surface area contributed by atoms with E-state index in [4.69, 9.17) is 0 Å². The molecule has 2 rings (SSSR count). The first-order valence-corrected chi connectivity index (χ1v) is 5.41. The minimum absolute atomic E-state index is 0. The third kappa shape index (κ3) is 2.70. The van der Waals surface area contributed by atoms with Crippen molar-refractivity contribution in [2.24, 2.45) is 7.05 Å². The number of aryl methyl sites for hydroxylation is 1. The molecule has 0 spiro atoms. The Labute approximate surface area is 100.0 Å². The van der Waals surface area contributed by atoms with E-state index >= 15 is 0 Å². The molecule has 4 heteroatoms. The van der Waals surface area contributed by atoms with Crippen LogP contribution in [0.3, 0.4) is 0 Å². The Hall–Kier alpha value is -1.06. The summed E-state index contributed by atoms with van der Waals surface area (Å²) >= 11 is 1.72. The van der Waals surface area contributed by atoms with E-state index in [1.165, 1.54) is 5.69 Å². The van der Waals surface area contributed by atoms with Gasteiger partial charge < -0.3 is 12.4 Å². The lowest BCUT2D eigenvalue weighted by molar-refractivity contribution is -0.658. The maximum Gasteiger partial charge on any atom is 0.338 e. The largest absolute Gasteiger partial charge is 1.00 e. The number of thiazole rings is 1. The maximum absolute atomic E-state index is 3.37. The van der Waals surface area contributed by atoms with Crippen molar-refractivity contribution in [3.05, 3.63) is 41.4 Å². The lowest BCUT2D eigenvalue weighted by atomic mass is 10.3. The Morgan fingerprint density at radius 3 is 2.40 bits per heavy atom. The average Bonchev–Trinajstić information content (AvgIpc) is 2.52. The van der Waals surface area contributed by atoms with E-state index in [2.05, 4.69) is 41.4 Å². The second-order valence-corrected chi connectivity index (χ2v) is 4.09. The molecule has 1 aromatic carbocycles. The van der Waals surface area contributed by atoms with Crippen molar-refractivity contribution in [1.29, 1.82) is 0 Å². The van der Waals surface area contributed by atoms with Crippen molar-refractivity contribution < 1.29 is 17.0 Å². The van der Waals surface area contributed by atoms with Crippen LogP contribution in [0.5, 0.6) is 0 Å². The van der Waals surface area contributed by atoms with Crippen LogP contribution < -0.4 is 22.3 Å². The van der Waals surface area contributed by atoms with E-state index in [-0.39, 0.29) is 12.4 Å². The molecule has 0 aliphatic carbocycles. The molecule has 0 saturated heterocycles. The Morgan fingerprint density at radius 1 is 1.20 bits per heavy atom. The zero-order chi connectivity index (χ0) is 9.97. The van der Waals surface area contributed by atoms with Crippen LogP contribution in [0.2, 0.25) is 0 Å². The zero-order valence-electron chi connectivity index (χ0n) is 8.70. The number of halogens is 1. The number of nitrogens with one attached hydrogen (secondary N) is 1. The third-order valence-electron chi connectivity index (χ3n) is 2.20. The molecule has 0 aliphatic rings. The first-order valence-electron chi connectivity index (χ1n) is 4.53. The summed E-state index contributed by atoms with van der Waals surface area (Å²) in [6, 6.07) is 10.2. The molecule has 2 aromatic rings. The maximum atomic E-state index is 3.37. The number of aromatic nitrogens is 1. The van der Waals surface area contributed by atoms with Crippen LogP contribution in [-0.2, 0) is 7.05 Å². The monoisotopic (exact) mass is 240 g/mol. The van der Waals surface area contributed by atoms with Crippen molar-refractivity contribution in [2.45, 2.75) is 6.92 Å².